The van der Waals surface area contributed by atoms with Gasteiger partial charge in [0, 0.05) is 21.3 Å². The van der Waals surface area contributed by atoms with E-state index in [0.29, 0.717) is 32.3 Å². The van der Waals surface area contributed by atoms with Gasteiger partial charge in [0.2, 0.25) is 4.96 Å². The summed E-state index contributed by atoms with van der Waals surface area (Å²) in [6.45, 7) is -0.264. The molecule has 1 amide bonds. The maximum absolute atomic E-state index is 13.0. The average Bonchev–Trinajstić information content (AvgIpc) is 3.40. The molecule has 5 rings (SSSR count). The topological polar surface area (TPSA) is 85.6 Å². The smallest absolute Gasteiger partial charge is 0.291 e. The molecule has 10 heteroatoms. The summed E-state index contributed by atoms with van der Waals surface area (Å²) >= 11 is 4.65. The summed E-state index contributed by atoms with van der Waals surface area (Å²) in [6.07, 6.45) is 1.68. The fourth-order valence-electron chi connectivity index (χ4n) is 3.32. The molecule has 0 aliphatic carbocycles. The van der Waals surface area contributed by atoms with E-state index in [2.05, 4.69) is 31.3 Å². The number of hydrogen-bond acceptors (Lipinski definition) is 6. The van der Waals surface area contributed by atoms with E-state index in [4.69, 9.17) is 4.74 Å². The summed E-state index contributed by atoms with van der Waals surface area (Å²) in [5, 5.41) is 7.00. The zero-order valence-corrected chi connectivity index (χ0v) is 20.3. The van der Waals surface area contributed by atoms with Crippen LogP contribution in [0.4, 0.5) is 10.1 Å². The summed E-state index contributed by atoms with van der Waals surface area (Å²) in [4.78, 5) is 30.2. The van der Waals surface area contributed by atoms with E-state index in [-0.39, 0.29) is 18.0 Å². The highest BCUT2D eigenvalue weighted by molar-refractivity contribution is 9.10. The van der Waals surface area contributed by atoms with Crippen LogP contribution < -0.4 is 20.1 Å². The van der Waals surface area contributed by atoms with Crippen molar-refractivity contribution in [2.45, 2.75) is 0 Å². The van der Waals surface area contributed by atoms with Crippen LogP contribution in [-0.2, 0) is 4.79 Å². The molecule has 0 aliphatic rings. The SMILES string of the molecule is O=C(COc1ccc(Br)cc1/C=c1\sc2nc(-c3ccccc3)nn2c1=O)Nc1ccc(F)cc1. The Morgan fingerprint density at radius 3 is 2.63 bits per heavy atom. The van der Waals surface area contributed by atoms with Crippen LogP contribution in [0.3, 0.4) is 0 Å². The van der Waals surface area contributed by atoms with Crippen LogP contribution in [0.25, 0.3) is 22.4 Å². The van der Waals surface area contributed by atoms with Gasteiger partial charge in [-0.25, -0.2) is 4.39 Å². The van der Waals surface area contributed by atoms with E-state index in [1.165, 1.54) is 40.1 Å². The van der Waals surface area contributed by atoms with Crippen molar-refractivity contribution in [2.75, 3.05) is 11.9 Å². The third kappa shape index (κ3) is 5.13. The maximum Gasteiger partial charge on any atom is 0.291 e. The summed E-state index contributed by atoms with van der Waals surface area (Å²) in [6, 6.07) is 20.2. The summed E-state index contributed by atoms with van der Waals surface area (Å²) < 4.78 is 21.3. The van der Waals surface area contributed by atoms with Crippen LogP contribution in [0.1, 0.15) is 5.56 Å². The molecule has 0 saturated carbocycles. The van der Waals surface area contributed by atoms with Crippen LogP contribution >= 0.6 is 27.3 Å². The monoisotopic (exact) mass is 550 g/mol. The molecule has 0 radical (unpaired) electrons. The zero-order valence-electron chi connectivity index (χ0n) is 17.9. The molecule has 0 fully saturated rings. The van der Waals surface area contributed by atoms with Gasteiger partial charge in [0.25, 0.3) is 11.5 Å². The van der Waals surface area contributed by atoms with Crippen molar-refractivity contribution in [1.29, 1.82) is 0 Å². The number of ether oxygens (including phenoxy) is 1. The van der Waals surface area contributed by atoms with Gasteiger partial charge in [0.05, 0.1) is 4.53 Å². The molecule has 174 valence electrons. The number of hydrogen-bond donors (Lipinski definition) is 1. The maximum atomic E-state index is 13.0. The summed E-state index contributed by atoms with van der Waals surface area (Å²) in [7, 11) is 0. The fourth-order valence-corrected chi connectivity index (χ4v) is 4.60. The number of amides is 1. The van der Waals surface area contributed by atoms with Gasteiger partial charge in [-0.15, -0.1) is 5.10 Å². The Morgan fingerprint density at radius 2 is 1.89 bits per heavy atom. The number of nitrogens with one attached hydrogen (secondary N) is 1. The Bertz CT molecular complexity index is 1640. The largest absolute Gasteiger partial charge is 0.483 e. The zero-order chi connectivity index (χ0) is 24.4. The third-order valence-corrected chi connectivity index (χ3v) is 6.41. The number of carbonyl (C=O) groups is 1. The molecule has 35 heavy (non-hydrogen) atoms. The second-order valence-electron chi connectivity index (χ2n) is 7.44. The minimum atomic E-state index is -0.401. The lowest BCUT2D eigenvalue weighted by molar-refractivity contribution is -0.118. The number of fused-ring (bicyclic) bond motifs is 1. The van der Waals surface area contributed by atoms with Crippen molar-refractivity contribution in [2.24, 2.45) is 0 Å². The lowest BCUT2D eigenvalue weighted by Crippen LogP contribution is -2.24. The molecule has 2 aromatic heterocycles. The lowest BCUT2D eigenvalue weighted by Gasteiger charge is -2.10. The first-order chi connectivity index (χ1) is 17.0. The van der Waals surface area contributed by atoms with E-state index >= 15 is 0 Å². The molecule has 0 atom stereocenters. The average molecular weight is 551 g/mol. The molecule has 0 aliphatic heterocycles. The molecule has 1 N–H and O–H groups in total. The molecule has 7 nitrogen and oxygen atoms in total. The Balaban J connectivity index is 1.39. The lowest BCUT2D eigenvalue weighted by atomic mass is 10.2. The Labute approximate surface area is 210 Å². The fraction of sp³-hybridized carbons (Fsp3) is 0.0400. The normalized spacial score (nSPS) is 11.7. The third-order valence-electron chi connectivity index (χ3n) is 4.96. The number of aromatic nitrogens is 3. The minimum Gasteiger partial charge on any atom is -0.483 e. The van der Waals surface area contributed by atoms with Crippen molar-refractivity contribution < 1.29 is 13.9 Å². The quantitative estimate of drug-likeness (QED) is 0.341. The highest BCUT2D eigenvalue weighted by atomic mass is 79.9. The number of halogens is 2. The second kappa shape index (κ2) is 9.77. The van der Waals surface area contributed by atoms with Crippen molar-refractivity contribution in [3.8, 4) is 17.1 Å². The van der Waals surface area contributed by atoms with Crippen LogP contribution in [0, 0.1) is 5.82 Å². The number of thiazole rings is 1. The predicted octanol–water partition coefficient (Wildman–Crippen LogP) is 4.28. The van der Waals surface area contributed by atoms with E-state index in [9.17, 15) is 14.0 Å². The highest BCUT2D eigenvalue weighted by Gasteiger charge is 2.13. The van der Waals surface area contributed by atoms with Gasteiger partial charge in [-0.3, -0.25) is 9.59 Å². The number of rotatable bonds is 6. The molecular weight excluding hydrogens is 535 g/mol. The van der Waals surface area contributed by atoms with Crippen molar-refractivity contribution in [3.63, 3.8) is 0 Å². The Kier molecular flexibility index (Phi) is 6.39. The van der Waals surface area contributed by atoms with Gasteiger partial charge in [-0.1, -0.05) is 57.6 Å². The molecular formula is C25H16BrFN4O3S. The Morgan fingerprint density at radius 1 is 1.11 bits per heavy atom. The molecule has 0 bridgehead atoms. The number of anilines is 1. The highest BCUT2D eigenvalue weighted by Crippen LogP contribution is 2.24. The number of carbonyl (C=O) groups excluding carboxylic acids is 1. The van der Waals surface area contributed by atoms with Crippen LogP contribution in [-0.4, -0.2) is 27.1 Å². The first kappa shape index (κ1) is 22.9. The van der Waals surface area contributed by atoms with Gasteiger partial charge in [-0.2, -0.15) is 9.50 Å². The second-order valence-corrected chi connectivity index (χ2v) is 9.36. The van der Waals surface area contributed by atoms with Crippen molar-refractivity contribution in [3.05, 3.63) is 104 Å². The first-order valence-corrected chi connectivity index (χ1v) is 12.0. The molecule has 2 heterocycles. The molecule has 0 unspecified atom stereocenters. The standard InChI is InChI=1S/C25H16BrFN4O3S/c26-17-6-11-20(34-14-22(32)28-19-9-7-18(27)8-10-19)16(12-17)13-21-24(33)31-25(35-21)29-23(30-31)15-4-2-1-3-5-15/h1-13H,14H2,(H,28,32)/b21-13-. The van der Waals surface area contributed by atoms with Crippen LogP contribution in [0.5, 0.6) is 5.75 Å². The van der Waals surface area contributed by atoms with Crippen molar-refractivity contribution >= 4 is 49.9 Å². The predicted molar refractivity (Wildman–Crippen MR) is 136 cm³/mol. The van der Waals surface area contributed by atoms with Gasteiger partial charge in [0.15, 0.2) is 12.4 Å². The van der Waals surface area contributed by atoms with Gasteiger partial charge >= 0.3 is 0 Å². The molecule has 0 saturated heterocycles. The van der Waals surface area contributed by atoms with Gasteiger partial charge in [-0.05, 0) is 48.5 Å². The summed E-state index contributed by atoms with van der Waals surface area (Å²) in [5.74, 6) is 0.117. The van der Waals surface area contributed by atoms with Crippen molar-refractivity contribution in [1.82, 2.24) is 14.6 Å². The van der Waals surface area contributed by atoms with Crippen LogP contribution in [0.2, 0.25) is 0 Å². The van der Waals surface area contributed by atoms with E-state index in [1.807, 2.05) is 30.3 Å². The van der Waals surface area contributed by atoms with E-state index < -0.39 is 5.91 Å². The number of benzene rings is 3. The summed E-state index contributed by atoms with van der Waals surface area (Å²) in [5.41, 5.74) is 1.61. The first-order valence-electron chi connectivity index (χ1n) is 10.4. The van der Waals surface area contributed by atoms with E-state index in [0.717, 1.165) is 10.0 Å². The molecule has 0 spiro atoms. The number of nitrogens with zero attached hydrogens (tertiary/aromatic N) is 3. The van der Waals surface area contributed by atoms with E-state index in [1.54, 1.807) is 24.3 Å². The Hall–Kier alpha value is -3.89. The van der Waals surface area contributed by atoms with Gasteiger partial charge < -0.3 is 10.1 Å². The molecule has 3 aromatic carbocycles. The van der Waals surface area contributed by atoms with Crippen LogP contribution in [0.15, 0.2) is 82.1 Å². The molecule has 5 aromatic rings. The van der Waals surface area contributed by atoms with Gasteiger partial charge in [0.1, 0.15) is 11.6 Å². The minimum absolute atomic E-state index is 0.264.